The lowest BCUT2D eigenvalue weighted by molar-refractivity contribution is -0.385. The Labute approximate surface area is 171 Å². The average Bonchev–Trinajstić information content (AvgIpc) is 2.74. The van der Waals surface area contributed by atoms with Crippen molar-refractivity contribution in [2.45, 2.75) is 6.92 Å². The van der Waals surface area contributed by atoms with Gasteiger partial charge < -0.3 is 4.74 Å². The van der Waals surface area contributed by atoms with Crippen LogP contribution in [0.15, 0.2) is 78.4 Å². The fourth-order valence-electron chi connectivity index (χ4n) is 2.68. The van der Waals surface area contributed by atoms with E-state index in [4.69, 9.17) is 4.74 Å². The molecule has 0 bridgehead atoms. The highest BCUT2D eigenvalue weighted by molar-refractivity contribution is 5.94. The van der Waals surface area contributed by atoms with Crippen LogP contribution in [0.1, 0.15) is 12.5 Å². The van der Waals surface area contributed by atoms with Gasteiger partial charge in [-0.3, -0.25) is 20.2 Å². The minimum Gasteiger partial charge on any atom is -0.423 e. The summed E-state index contributed by atoms with van der Waals surface area (Å²) in [7, 11) is 0. The van der Waals surface area contributed by atoms with Crippen LogP contribution in [0, 0.1) is 20.2 Å². The van der Waals surface area contributed by atoms with E-state index in [-0.39, 0.29) is 11.4 Å². The Morgan fingerprint density at radius 2 is 1.20 bits per heavy atom. The molecule has 0 amide bonds. The van der Waals surface area contributed by atoms with Gasteiger partial charge in [-0.05, 0) is 66.1 Å². The highest BCUT2D eigenvalue weighted by atomic mass is 16.6. The van der Waals surface area contributed by atoms with Crippen molar-refractivity contribution in [1.82, 2.24) is 0 Å². The van der Waals surface area contributed by atoms with Crippen molar-refractivity contribution in [3.8, 4) is 16.9 Å². The number of hydrogen-bond donors (Lipinski definition) is 0. The fourth-order valence-corrected chi connectivity index (χ4v) is 2.68. The Kier molecular flexibility index (Phi) is 5.97. The van der Waals surface area contributed by atoms with Crippen molar-refractivity contribution in [3.63, 3.8) is 0 Å². The number of nitro groups is 2. The summed E-state index contributed by atoms with van der Waals surface area (Å²) in [5.41, 5.74) is 2.59. The molecule has 0 aliphatic rings. The molecule has 8 heteroatoms. The summed E-state index contributed by atoms with van der Waals surface area (Å²) >= 11 is 0. The largest absolute Gasteiger partial charge is 0.423 e. The van der Waals surface area contributed by atoms with Crippen LogP contribution in [0.5, 0.6) is 5.75 Å². The van der Waals surface area contributed by atoms with Gasteiger partial charge in [-0.2, -0.15) is 0 Å². The maximum atomic E-state index is 12.3. The van der Waals surface area contributed by atoms with Crippen LogP contribution in [0.2, 0.25) is 0 Å². The maximum Gasteiger partial charge on any atom is 0.339 e. The Bertz CT molecular complexity index is 1120. The minimum atomic E-state index is -0.545. The zero-order chi connectivity index (χ0) is 21.7. The van der Waals surface area contributed by atoms with Crippen LogP contribution < -0.4 is 4.74 Å². The molecule has 0 atom stereocenters. The molecule has 30 heavy (non-hydrogen) atoms. The number of ether oxygens (including phenoxy) is 1. The standard InChI is InChI=1S/C22H16N2O6/c1-15(14-16-2-8-19(9-3-16)23(26)27)22(25)30-21-12-6-18(7-13-21)17-4-10-20(11-5-17)24(28)29/h2-14H,1H3/b15-14+. The summed E-state index contributed by atoms with van der Waals surface area (Å²) in [6.07, 6.45) is 1.58. The fraction of sp³-hybridized carbons (Fsp3) is 0.0455. The van der Waals surface area contributed by atoms with Gasteiger partial charge in [-0.25, -0.2) is 4.79 Å². The van der Waals surface area contributed by atoms with Crippen LogP contribution in [0.25, 0.3) is 17.2 Å². The van der Waals surface area contributed by atoms with E-state index in [1.54, 1.807) is 61.5 Å². The molecule has 0 aliphatic carbocycles. The molecular formula is C22H16N2O6. The van der Waals surface area contributed by atoms with Crippen LogP contribution >= 0.6 is 0 Å². The topological polar surface area (TPSA) is 113 Å². The Morgan fingerprint density at radius 3 is 1.67 bits per heavy atom. The SMILES string of the molecule is C/C(=C\c1ccc([N+](=O)[O-])cc1)C(=O)Oc1ccc(-c2ccc([N+](=O)[O-])cc2)cc1. The van der Waals surface area contributed by atoms with Gasteiger partial charge in [0.2, 0.25) is 0 Å². The second kappa shape index (κ2) is 8.78. The van der Waals surface area contributed by atoms with Gasteiger partial charge in [0.25, 0.3) is 11.4 Å². The molecule has 0 radical (unpaired) electrons. The second-order valence-corrected chi connectivity index (χ2v) is 6.39. The first-order chi connectivity index (χ1) is 14.3. The zero-order valence-electron chi connectivity index (χ0n) is 15.8. The van der Waals surface area contributed by atoms with Gasteiger partial charge in [0, 0.05) is 29.8 Å². The van der Waals surface area contributed by atoms with Gasteiger partial charge in [-0.15, -0.1) is 0 Å². The normalized spacial score (nSPS) is 11.0. The first kappa shape index (κ1) is 20.4. The summed E-state index contributed by atoms with van der Waals surface area (Å²) in [6, 6.07) is 18.7. The summed E-state index contributed by atoms with van der Waals surface area (Å²) in [5, 5.41) is 21.4. The minimum absolute atomic E-state index is 0.0135. The lowest BCUT2D eigenvalue weighted by atomic mass is 10.1. The summed E-state index contributed by atoms with van der Waals surface area (Å²) < 4.78 is 5.35. The molecule has 0 heterocycles. The molecule has 0 N–H and O–H groups in total. The van der Waals surface area contributed by atoms with Crippen LogP contribution in [-0.2, 0) is 4.79 Å². The number of benzene rings is 3. The molecule has 3 aromatic rings. The highest BCUT2D eigenvalue weighted by Crippen LogP contribution is 2.25. The van der Waals surface area contributed by atoms with Crippen LogP contribution in [0.3, 0.4) is 0 Å². The molecule has 3 rings (SSSR count). The number of hydrogen-bond acceptors (Lipinski definition) is 6. The van der Waals surface area contributed by atoms with E-state index in [0.717, 1.165) is 11.1 Å². The molecule has 3 aromatic carbocycles. The van der Waals surface area contributed by atoms with E-state index in [9.17, 15) is 25.0 Å². The number of nitro benzene ring substituents is 2. The van der Waals surface area contributed by atoms with E-state index in [1.807, 2.05) is 0 Å². The molecule has 0 saturated heterocycles. The predicted octanol–water partition coefficient (Wildman–Crippen LogP) is 5.18. The van der Waals surface area contributed by atoms with Crippen molar-refractivity contribution in [1.29, 1.82) is 0 Å². The second-order valence-electron chi connectivity index (χ2n) is 6.39. The van der Waals surface area contributed by atoms with E-state index in [1.165, 1.54) is 24.3 Å². The van der Waals surface area contributed by atoms with Gasteiger partial charge in [0.05, 0.1) is 9.85 Å². The Balaban J connectivity index is 1.67. The van der Waals surface area contributed by atoms with E-state index in [0.29, 0.717) is 16.9 Å². The highest BCUT2D eigenvalue weighted by Gasteiger charge is 2.10. The number of carbonyl (C=O) groups is 1. The third kappa shape index (κ3) is 4.93. The van der Waals surface area contributed by atoms with Crippen LogP contribution in [0.4, 0.5) is 11.4 Å². The number of nitrogens with zero attached hydrogens (tertiary/aromatic N) is 2. The number of esters is 1. The molecule has 150 valence electrons. The summed E-state index contributed by atoms with van der Waals surface area (Å²) in [5.74, 6) is -0.196. The molecule has 0 saturated carbocycles. The zero-order valence-corrected chi connectivity index (χ0v) is 15.8. The maximum absolute atomic E-state index is 12.3. The van der Waals surface area contributed by atoms with Gasteiger partial charge in [0.1, 0.15) is 5.75 Å². The predicted molar refractivity (Wildman–Crippen MR) is 111 cm³/mol. The van der Waals surface area contributed by atoms with Crippen molar-refractivity contribution in [2.24, 2.45) is 0 Å². The third-order valence-electron chi connectivity index (χ3n) is 4.29. The van der Waals surface area contributed by atoms with E-state index in [2.05, 4.69) is 0 Å². The molecule has 0 fully saturated rings. The van der Waals surface area contributed by atoms with E-state index < -0.39 is 15.8 Å². The summed E-state index contributed by atoms with van der Waals surface area (Å²) in [6.45, 7) is 1.59. The average molecular weight is 404 g/mol. The lowest BCUT2D eigenvalue weighted by Gasteiger charge is -2.06. The Morgan fingerprint density at radius 1 is 0.767 bits per heavy atom. The van der Waals surface area contributed by atoms with Crippen LogP contribution in [-0.4, -0.2) is 15.8 Å². The molecule has 0 spiro atoms. The molecule has 0 aromatic heterocycles. The van der Waals surface area contributed by atoms with Crippen molar-refractivity contribution < 1.29 is 19.4 Å². The Hall–Kier alpha value is -4.33. The van der Waals surface area contributed by atoms with Crippen molar-refractivity contribution in [2.75, 3.05) is 0 Å². The summed E-state index contributed by atoms with van der Waals surface area (Å²) in [4.78, 5) is 32.8. The third-order valence-corrected chi connectivity index (χ3v) is 4.29. The van der Waals surface area contributed by atoms with E-state index >= 15 is 0 Å². The van der Waals surface area contributed by atoms with Gasteiger partial charge in [-0.1, -0.05) is 12.1 Å². The number of carbonyl (C=O) groups excluding carboxylic acids is 1. The van der Waals surface area contributed by atoms with Gasteiger partial charge >= 0.3 is 5.97 Å². The number of rotatable bonds is 6. The molecular weight excluding hydrogens is 388 g/mol. The first-order valence-corrected chi connectivity index (χ1v) is 8.83. The molecule has 0 aliphatic heterocycles. The quantitative estimate of drug-likeness (QED) is 0.184. The molecule has 8 nitrogen and oxygen atoms in total. The van der Waals surface area contributed by atoms with Gasteiger partial charge in [0.15, 0.2) is 0 Å². The van der Waals surface area contributed by atoms with Crippen molar-refractivity contribution >= 4 is 23.4 Å². The monoisotopic (exact) mass is 404 g/mol. The van der Waals surface area contributed by atoms with Crippen molar-refractivity contribution in [3.05, 3.63) is 104 Å². The molecule has 0 unspecified atom stereocenters. The first-order valence-electron chi connectivity index (χ1n) is 8.83. The smallest absolute Gasteiger partial charge is 0.339 e. The lowest BCUT2D eigenvalue weighted by Crippen LogP contribution is -2.09. The number of non-ortho nitro benzene ring substituents is 2.